The van der Waals surface area contributed by atoms with E-state index in [9.17, 15) is 0 Å². The monoisotopic (exact) mass is 209 g/mol. The summed E-state index contributed by atoms with van der Waals surface area (Å²) in [5.74, 6) is 1.04. The van der Waals surface area contributed by atoms with E-state index in [1.54, 1.807) is 20.3 Å². The van der Waals surface area contributed by atoms with E-state index in [1.807, 2.05) is 18.2 Å². The second-order valence-electron chi connectivity index (χ2n) is 2.87. The van der Waals surface area contributed by atoms with Crippen LogP contribution in [0.2, 0.25) is 0 Å². The number of methoxy groups -OCH3 is 2. The van der Waals surface area contributed by atoms with Gasteiger partial charge in [0, 0.05) is 18.2 Å². The molecule has 1 N–H and O–H groups in total. The van der Waals surface area contributed by atoms with Gasteiger partial charge in [0.2, 0.25) is 11.8 Å². The molecule has 0 radical (unpaired) electrons. The Balaban J connectivity index is 2.87. The molecule has 0 fully saturated rings. The van der Waals surface area contributed by atoms with Crippen molar-refractivity contribution in [1.29, 1.82) is 0 Å². The largest absolute Gasteiger partial charge is 0.481 e. The van der Waals surface area contributed by atoms with Crippen LogP contribution in [-0.2, 0) is 0 Å². The maximum Gasteiger partial charge on any atom is 0.223 e. The fourth-order valence-corrected chi connectivity index (χ4v) is 1.12. The number of aliphatic hydroxyl groups excluding tert-OH is 1. The van der Waals surface area contributed by atoms with Crippen LogP contribution in [-0.4, -0.2) is 30.9 Å². The van der Waals surface area contributed by atoms with Gasteiger partial charge in [0.25, 0.3) is 0 Å². The van der Waals surface area contributed by atoms with E-state index >= 15 is 0 Å². The van der Waals surface area contributed by atoms with Crippen LogP contribution in [0.15, 0.2) is 18.2 Å². The molecule has 0 aliphatic carbocycles. The Morgan fingerprint density at radius 2 is 2.13 bits per heavy atom. The lowest BCUT2D eigenvalue weighted by Crippen LogP contribution is -1.94. The van der Waals surface area contributed by atoms with Crippen molar-refractivity contribution in [2.45, 2.75) is 6.42 Å². The predicted octanol–water partition coefficient (Wildman–Crippen LogP) is 1.49. The second kappa shape index (κ2) is 6.03. The first-order chi connectivity index (χ1) is 7.31. The summed E-state index contributed by atoms with van der Waals surface area (Å²) in [6.07, 6.45) is 4.35. The zero-order valence-electron chi connectivity index (χ0n) is 8.93. The summed E-state index contributed by atoms with van der Waals surface area (Å²) >= 11 is 0. The van der Waals surface area contributed by atoms with Crippen molar-refractivity contribution < 1.29 is 14.6 Å². The normalized spacial score (nSPS) is 10.6. The lowest BCUT2D eigenvalue weighted by atomic mass is 10.2. The molecule has 1 aromatic rings. The van der Waals surface area contributed by atoms with Gasteiger partial charge in [-0.1, -0.05) is 12.2 Å². The Labute approximate surface area is 89.2 Å². The average Bonchev–Trinajstić information content (AvgIpc) is 2.29. The minimum Gasteiger partial charge on any atom is -0.481 e. The van der Waals surface area contributed by atoms with Gasteiger partial charge in [0.15, 0.2) is 0 Å². The summed E-state index contributed by atoms with van der Waals surface area (Å²) in [5.41, 5.74) is 0.867. The van der Waals surface area contributed by atoms with Crippen molar-refractivity contribution in [3.05, 3.63) is 23.8 Å². The summed E-state index contributed by atoms with van der Waals surface area (Å²) in [6.45, 7) is 0.141. The molecule has 4 nitrogen and oxygen atoms in total. The van der Waals surface area contributed by atoms with Crippen LogP contribution in [0.25, 0.3) is 6.08 Å². The van der Waals surface area contributed by atoms with Crippen LogP contribution < -0.4 is 9.47 Å². The maximum atomic E-state index is 8.63. The van der Waals surface area contributed by atoms with Gasteiger partial charge >= 0.3 is 0 Å². The second-order valence-corrected chi connectivity index (χ2v) is 2.87. The molecule has 82 valence electrons. The topological polar surface area (TPSA) is 51.6 Å². The fraction of sp³-hybridized carbons (Fsp3) is 0.364. The van der Waals surface area contributed by atoms with Crippen molar-refractivity contribution in [1.82, 2.24) is 4.98 Å². The van der Waals surface area contributed by atoms with E-state index in [2.05, 4.69) is 4.98 Å². The van der Waals surface area contributed by atoms with Crippen molar-refractivity contribution in [2.24, 2.45) is 0 Å². The smallest absolute Gasteiger partial charge is 0.223 e. The molecule has 4 heteroatoms. The molecule has 0 spiro atoms. The van der Waals surface area contributed by atoms with E-state index in [0.29, 0.717) is 18.2 Å². The van der Waals surface area contributed by atoms with E-state index in [4.69, 9.17) is 14.6 Å². The molecule has 0 saturated carbocycles. The molecule has 0 aromatic carbocycles. The zero-order valence-corrected chi connectivity index (χ0v) is 8.93. The molecule has 0 aliphatic rings. The van der Waals surface area contributed by atoms with E-state index in [-0.39, 0.29) is 6.61 Å². The molecule has 15 heavy (non-hydrogen) atoms. The number of nitrogens with zero attached hydrogens (tertiary/aromatic N) is 1. The van der Waals surface area contributed by atoms with Crippen LogP contribution in [0.4, 0.5) is 0 Å². The van der Waals surface area contributed by atoms with Crippen LogP contribution >= 0.6 is 0 Å². The average molecular weight is 209 g/mol. The standard InChI is InChI=1S/C11H15NO3/c1-14-10-7-6-9(5-3-4-8-13)11(12-10)15-2/h3,5-7,13H,4,8H2,1-2H3. The molecule has 1 heterocycles. The highest BCUT2D eigenvalue weighted by Crippen LogP contribution is 2.20. The first kappa shape index (κ1) is 11.5. The lowest BCUT2D eigenvalue weighted by molar-refractivity contribution is 0.303. The van der Waals surface area contributed by atoms with Gasteiger partial charge in [-0.05, 0) is 12.5 Å². The number of ether oxygens (including phenoxy) is 2. The van der Waals surface area contributed by atoms with Crippen LogP contribution in [0.5, 0.6) is 11.8 Å². The Hall–Kier alpha value is -1.55. The first-order valence-corrected chi connectivity index (χ1v) is 4.68. The summed E-state index contributed by atoms with van der Waals surface area (Å²) in [7, 11) is 3.12. The maximum absolute atomic E-state index is 8.63. The van der Waals surface area contributed by atoms with E-state index < -0.39 is 0 Å². The summed E-state index contributed by atoms with van der Waals surface area (Å²) in [6, 6.07) is 3.62. The van der Waals surface area contributed by atoms with Crippen molar-refractivity contribution in [2.75, 3.05) is 20.8 Å². The van der Waals surface area contributed by atoms with Crippen molar-refractivity contribution >= 4 is 6.08 Å². The molecule has 1 rings (SSSR count). The third-order valence-electron chi connectivity index (χ3n) is 1.86. The lowest BCUT2D eigenvalue weighted by Gasteiger charge is -2.05. The van der Waals surface area contributed by atoms with Crippen molar-refractivity contribution in [3.8, 4) is 11.8 Å². The minimum absolute atomic E-state index is 0.141. The fourth-order valence-electron chi connectivity index (χ4n) is 1.12. The minimum atomic E-state index is 0.141. The number of aliphatic hydroxyl groups is 1. The van der Waals surface area contributed by atoms with Crippen molar-refractivity contribution in [3.63, 3.8) is 0 Å². The first-order valence-electron chi connectivity index (χ1n) is 4.68. The van der Waals surface area contributed by atoms with Gasteiger partial charge in [0.05, 0.1) is 14.2 Å². The van der Waals surface area contributed by atoms with Gasteiger partial charge in [0.1, 0.15) is 0 Å². The third kappa shape index (κ3) is 3.25. The number of aromatic nitrogens is 1. The van der Waals surface area contributed by atoms with Crippen LogP contribution in [0, 0.1) is 0 Å². The number of hydrogen-bond donors (Lipinski definition) is 1. The molecular formula is C11H15NO3. The molecule has 0 atom stereocenters. The van der Waals surface area contributed by atoms with Crippen LogP contribution in [0.1, 0.15) is 12.0 Å². The van der Waals surface area contributed by atoms with Crippen LogP contribution in [0.3, 0.4) is 0 Å². The predicted molar refractivity (Wildman–Crippen MR) is 58.1 cm³/mol. The van der Waals surface area contributed by atoms with Gasteiger partial charge < -0.3 is 14.6 Å². The molecule has 0 amide bonds. The van der Waals surface area contributed by atoms with E-state index in [1.165, 1.54) is 0 Å². The molecule has 0 unspecified atom stereocenters. The van der Waals surface area contributed by atoms with Gasteiger partial charge in [-0.3, -0.25) is 0 Å². The quantitative estimate of drug-likeness (QED) is 0.798. The van der Waals surface area contributed by atoms with E-state index in [0.717, 1.165) is 5.56 Å². The highest BCUT2D eigenvalue weighted by atomic mass is 16.5. The number of rotatable bonds is 5. The third-order valence-corrected chi connectivity index (χ3v) is 1.86. The Morgan fingerprint density at radius 1 is 1.33 bits per heavy atom. The number of hydrogen-bond acceptors (Lipinski definition) is 4. The van der Waals surface area contributed by atoms with Gasteiger partial charge in [-0.25, -0.2) is 0 Å². The zero-order chi connectivity index (χ0) is 11.1. The van der Waals surface area contributed by atoms with Gasteiger partial charge in [-0.2, -0.15) is 4.98 Å². The molecular weight excluding hydrogens is 194 g/mol. The Kier molecular flexibility index (Phi) is 4.63. The Bertz CT molecular complexity index is 337. The Morgan fingerprint density at radius 3 is 2.73 bits per heavy atom. The SMILES string of the molecule is COc1ccc(C=CCCO)c(OC)n1. The molecule has 0 aliphatic heterocycles. The molecule has 0 saturated heterocycles. The summed E-state index contributed by atoms with van der Waals surface area (Å²) < 4.78 is 10.1. The summed E-state index contributed by atoms with van der Waals surface area (Å²) in [5, 5.41) is 8.63. The highest BCUT2D eigenvalue weighted by Gasteiger charge is 2.02. The summed E-state index contributed by atoms with van der Waals surface area (Å²) in [4.78, 5) is 4.13. The highest BCUT2D eigenvalue weighted by molar-refractivity contribution is 5.55. The van der Waals surface area contributed by atoms with Gasteiger partial charge in [-0.15, -0.1) is 0 Å². The molecule has 1 aromatic heterocycles. The number of pyridine rings is 1. The molecule has 0 bridgehead atoms.